The third-order valence-corrected chi connectivity index (χ3v) is 5.55. The molecule has 2 aromatic rings. The summed E-state index contributed by atoms with van der Waals surface area (Å²) in [7, 11) is 0. The largest absolute Gasteiger partial charge is 0.632 e. The number of hydroxylamine groups is 3. The predicted octanol–water partition coefficient (Wildman–Crippen LogP) is 7.62. The van der Waals surface area contributed by atoms with Gasteiger partial charge in [0.15, 0.2) is 0 Å². The number of rotatable bonds is 15. The molecule has 0 fully saturated rings. The Morgan fingerprint density at radius 3 is 1.39 bits per heavy atom. The van der Waals surface area contributed by atoms with Crippen LogP contribution >= 0.6 is 0 Å². The number of hydrogen-bond donors (Lipinski definition) is 0. The van der Waals surface area contributed by atoms with Gasteiger partial charge >= 0.3 is 0 Å². The van der Waals surface area contributed by atoms with Gasteiger partial charge in [-0.3, -0.25) is 0 Å². The van der Waals surface area contributed by atoms with E-state index in [0.717, 1.165) is 17.5 Å². The molecule has 2 heteroatoms. The van der Waals surface area contributed by atoms with Crippen LogP contribution in [0, 0.1) is 5.21 Å². The highest BCUT2D eigenvalue weighted by molar-refractivity contribution is 5.15. The molecule has 154 valence electrons. The number of benzene rings is 2. The topological polar surface area (TPSA) is 23.1 Å². The van der Waals surface area contributed by atoms with Crippen molar-refractivity contribution >= 4 is 0 Å². The van der Waals surface area contributed by atoms with E-state index in [1.165, 1.54) is 57.8 Å². The molecule has 2 aromatic carbocycles. The van der Waals surface area contributed by atoms with Gasteiger partial charge < -0.3 is 9.85 Å². The molecule has 0 bridgehead atoms. The Morgan fingerprint density at radius 1 is 0.571 bits per heavy atom. The molecule has 0 amide bonds. The van der Waals surface area contributed by atoms with E-state index >= 15 is 0 Å². The van der Waals surface area contributed by atoms with Gasteiger partial charge in [-0.25, -0.2) is 0 Å². The molecular formula is C26H39NO. The zero-order chi connectivity index (χ0) is 19.9. The van der Waals surface area contributed by atoms with E-state index in [1.54, 1.807) is 0 Å². The highest BCUT2D eigenvalue weighted by atomic mass is 16.5. The van der Waals surface area contributed by atoms with E-state index in [9.17, 15) is 5.21 Å². The zero-order valence-electron chi connectivity index (χ0n) is 17.8. The van der Waals surface area contributed by atoms with Crippen molar-refractivity contribution in [2.75, 3.05) is 6.54 Å². The van der Waals surface area contributed by atoms with Crippen LogP contribution in [0.25, 0.3) is 0 Å². The van der Waals surface area contributed by atoms with Crippen LogP contribution in [0.5, 0.6) is 0 Å². The molecule has 0 aliphatic rings. The van der Waals surface area contributed by atoms with Crippen LogP contribution in [-0.4, -0.2) is 11.2 Å². The van der Waals surface area contributed by atoms with Crippen molar-refractivity contribution in [3.63, 3.8) is 0 Å². The van der Waals surface area contributed by atoms with Crippen LogP contribution in [0.15, 0.2) is 60.7 Å². The van der Waals surface area contributed by atoms with Crippen molar-refractivity contribution < 1.29 is 4.65 Å². The molecule has 0 saturated heterocycles. The Balaban J connectivity index is 1.75. The minimum absolute atomic E-state index is 0.148. The molecule has 28 heavy (non-hydrogen) atoms. The van der Waals surface area contributed by atoms with Gasteiger partial charge in [0.2, 0.25) is 0 Å². The maximum Gasteiger partial charge on any atom is 0.104 e. The van der Waals surface area contributed by atoms with Crippen LogP contribution in [0.3, 0.4) is 0 Å². The molecule has 2 nitrogen and oxygen atoms in total. The van der Waals surface area contributed by atoms with Crippen molar-refractivity contribution in [1.29, 1.82) is 0 Å². The summed E-state index contributed by atoms with van der Waals surface area (Å²) < 4.78 is -0.148. The lowest BCUT2D eigenvalue weighted by Gasteiger charge is -2.43. The van der Waals surface area contributed by atoms with Gasteiger partial charge in [0.1, 0.15) is 13.1 Å². The molecule has 0 spiro atoms. The number of unbranched alkanes of at least 4 members (excludes halogenated alkanes) is 9. The molecule has 2 rings (SSSR count). The maximum atomic E-state index is 13.6. The smallest absolute Gasteiger partial charge is 0.104 e. The second-order valence-corrected chi connectivity index (χ2v) is 8.25. The Labute approximate surface area is 172 Å². The van der Waals surface area contributed by atoms with Crippen LogP contribution in [0.2, 0.25) is 0 Å². The fourth-order valence-electron chi connectivity index (χ4n) is 3.93. The van der Waals surface area contributed by atoms with Gasteiger partial charge in [-0.2, -0.15) is 0 Å². The Bertz CT molecular complexity index is 569. The summed E-state index contributed by atoms with van der Waals surface area (Å²) in [6, 6.07) is 20.5. The molecule has 0 N–H and O–H groups in total. The van der Waals surface area contributed by atoms with Crippen molar-refractivity contribution in [1.82, 2.24) is 0 Å². The standard InChI is InChI=1S/C26H39NO/c1-2-3-4-5-6-7-8-9-10-17-22-27(28,23-25-18-13-11-14-19-25)24-26-20-15-12-16-21-26/h11-16,18-21H,2-10,17,22-24H2,1H3. The molecule has 0 saturated carbocycles. The molecule has 0 unspecified atom stereocenters. The lowest BCUT2D eigenvalue weighted by atomic mass is 10.1. The molecule has 0 aliphatic carbocycles. The second kappa shape index (κ2) is 13.5. The molecule has 0 atom stereocenters. The molecule has 0 aliphatic heterocycles. The molecular weight excluding hydrogens is 342 g/mol. The first-order chi connectivity index (χ1) is 13.7. The molecule has 0 heterocycles. The number of quaternary nitrogens is 1. The van der Waals surface area contributed by atoms with Gasteiger partial charge in [-0.05, 0) is 12.8 Å². The Morgan fingerprint density at radius 2 is 0.964 bits per heavy atom. The third kappa shape index (κ3) is 9.52. The minimum atomic E-state index is -0.148. The summed E-state index contributed by atoms with van der Waals surface area (Å²) in [5.74, 6) is 0. The van der Waals surface area contributed by atoms with Crippen molar-refractivity contribution in [3.8, 4) is 0 Å². The van der Waals surface area contributed by atoms with Crippen LogP contribution in [0.1, 0.15) is 82.3 Å². The van der Waals surface area contributed by atoms with E-state index in [4.69, 9.17) is 0 Å². The van der Waals surface area contributed by atoms with E-state index in [-0.39, 0.29) is 4.65 Å². The van der Waals surface area contributed by atoms with Crippen LogP contribution in [0.4, 0.5) is 0 Å². The minimum Gasteiger partial charge on any atom is -0.632 e. The summed E-state index contributed by atoms with van der Waals surface area (Å²) in [5, 5.41) is 13.6. The van der Waals surface area contributed by atoms with Crippen molar-refractivity contribution in [2.45, 2.75) is 84.2 Å². The van der Waals surface area contributed by atoms with E-state index < -0.39 is 0 Å². The van der Waals surface area contributed by atoms with Gasteiger partial charge in [0.25, 0.3) is 0 Å². The Hall–Kier alpha value is -1.64. The quantitative estimate of drug-likeness (QED) is 0.177. The molecule has 0 radical (unpaired) electrons. The fraction of sp³-hybridized carbons (Fsp3) is 0.538. The fourth-order valence-corrected chi connectivity index (χ4v) is 3.93. The van der Waals surface area contributed by atoms with Crippen molar-refractivity contribution in [2.24, 2.45) is 0 Å². The second-order valence-electron chi connectivity index (χ2n) is 8.25. The van der Waals surface area contributed by atoms with E-state index in [1.807, 2.05) is 36.4 Å². The first-order valence-electron chi connectivity index (χ1n) is 11.4. The third-order valence-electron chi connectivity index (χ3n) is 5.55. The van der Waals surface area contributed by atoms with Crippen LogP contribution in [-0.2, 0) is 13.1 Å². The first-order valence-corrected chi connectivity index (χ1v) is 11.4. The molecule has 0 aromatic heterocycles. The first kappa shape index (κ1) is 22.6. The summed E-state index contributed by atoms with van der Waals surface area (Å²) in [6.07, 6.45) is 13.0. The van der Waals surface area contributed by atoms with Crippen LogP contribution < -0.4 is 0 Å². The highest BCUT2D eigenvalue weighted by Crippen LogP contribution is 2.20. The Kier molecular flexibility index (Phi) is 10.9. The van der Waals surface area contributed by atoms with E-state index in [0.29, 0.717) is 19.6 Å². The van der Waals surface area contributed by atoms with Crippen molar-refractivity contribution in [3.05, 3.63) is 77.0 Å². The van der Waals surface area contributed by atoms with Gasteiger partial charge in [-0.15, -0.1) is 0 Å². The average Bonchev–Trinajstić information content (AvgIpc) is 2.71. The SMILES string of the molecule is CCCCCCCCCCCC[N+]([O-])(Cc1ccccc1)Cc1ccccc1. The zero-order valence-corrected chi connectivity index (χ0v) is 17.8. The lowest BCUT2D eigenvalue weighted by Crippen LogP contribution is -2.41. The van der Waals surface area contributed by atoms with Gasteiger partial charge in [-0.1, -0.05) is 119 Å². The summed E-state index contributed by atoms with van der Waals surface area (Å²) in [4.78, 5) is 0. The summed E-state index contributed by atoms with van der Waals surface area (Å²) in [5.41, 5.74) is 2.28. The normalized spacial score (nSPS) is 11.6. The predicted molar refractivity (Wildman–Crippen MR) is 121 cm³/mol. The summed E-state index contributed by atoms with van der Waals surface area (Å²) >= 11 is 0. The number of hydrogen-bond acceptors (Lipinski definition) is 1. The number of nitrogens with zero attached hydrogens (tertiary/aromatic N) is 1. The summed E-state index contributed by atoms with van der Waals surface area (Å²) in [6.45, 7) is 4.10. The lowest BCUT2D eigenvalue weighted by molar-refractivity contribution is -0.907. The maximum absolute atomic E-state index is 13.6. The highest BCUT2D eigenvalue weighted by Gasteiger charge is 2.18. The van der Waals surface area contributed by atoms with Gasteiger partial charge in [0.05, 0.1) is 6.54 Å². The van der Waals surface area contributed by atoms with Gasteiger partial charge in [0, 0.05) is 11.1 Å². The average molecular weight is 382 g/mol. The monoisotopic (exact) mass is 381 g/mol. The van der Waals surface area contributed by atoms with E-state index in [2.05, 4.69) is 31.2 Å².